The van der Waals surface area contributed by atoms with Crippen molar-refractivity contribution in [3.05, 3.63) is 0 Å². The van der Waals surface area contributed by atoms with Crippen LogP contribution in [0.25, 0.3) is 0 Å². The number of hydrogen-bond donors (Lipinski definition) is 1. The van der Waals surface area contributed by atoms with Gasteiger partial charge in [-0.3, -0.25) is 0 Å². The highest BCUT2D eigenvalue weighted by Crippen LogP contribution is 2.33. The number of nitrogens with one attached hydrogen (secondary N) is 1. The molecule has 0 amide bonds. The second kappa shape index (κ2) is 5.86. The average molecular weight is 210 g/mol. The van der Waals surface area contributed by atoms with E-state index < -0.39 is 0 Å². The van der Waals surface area contributed by atoms with Crippen LogP contribution in [0.4, 0.5) is 0 Å². The first-order valence-electron chi connectivity index (χ1n) is 6.86. The first-order chi connectivity index (χ1) is 7.40. The van der Waals surface area contributed by atoms with Gasteiger partial charge in [0.2, 0.25) is 0 Å². The zero-order valence-corrected chi connectivity index (χ0v) is 10.2. The van der Waals surface area contributed by atoms with E-state index in [1.165, 1.54) is 58.2 Å². The van der Waals surface area contributed by atoms with Gasteiger partial charge in [0.25, 0.3) is 0 Å². The predicted octanol–water partition coefficient (Wildman–Crippen LogP) is 2.25. The molecule has 2 nitrogen and oxygen atoms in total. The summed E-state index contributed by atoms with van der Waals surface area (Å²) in [4.78, 5) is 2.69. The second-order valence-corrected chi connectivity index (χ2v) is 5.22. The minimum absolute atomic E-state index is 0.785. The number of rotatable bonds is 5. The summed E-state index contributed by atoms with van der Waals surface area (Å²) in [5.41, 5.74) is 0. The molecule has 0 bridgehead atoms. The van der Waals surface area contributed by atoms with E-state index in [9.17, 15) is 0 Å². The van der Waals surface area contributed by atoms with Crippen LogP contribution in [0.1, 0.15) is 45.4 Å². The van der Waals surface area contributed by atoms with E-state index in [0.717, 1.165) is 18.5 Å². The molecule has 1 heterocycles. The summed E-state index contributed by atoms with van der Waals surface area (Å²) in [6.45, 7) is 7.36. The zero-order chi connectivity index (χ0) is 10.5. The summed E-state index contributed by atoms with van der Waals surface area (Å²) < 4.78 is 0. The van der Waals surface area contributed by atoms with E-state index in [4.69, 9.17) is 0 Å². The third-order valence-corrected chi connectivity index (χ3v) is 3.81. The highest BCUT2D eigenvalue weighted by atomic mass is 15.1. The van der Waals surface area contributed by atoms with Gasteiger partial charge in [-0.25, -0.2) is 0 Å². The quantitative estimate of drug-likeness (QED) is 0.749. The molecule has 0 spiro atoms. The fraction of sp³-hybridized carbons (Fsp3) is 1.00. The molecule has 88 valence electrons. The van der Waals surface area contributed by atoms with Gasteiger partial charge in [0.15, 0.2) is 0 Å². The van der Waals surface area contributed by atoms with Crippen molar-refractivity contribution in [2.24, 2.45) is 5.92 Å². The van der Waals surface area contributed by atoms with Gasteiger partial charge in [-0.2, -0.15) is 0 Å². The Morgan fingerprint density at radius 3 is 2.33 bits per heavy atom. The SMILES string of the molecule is CCNC(CN1CCCCCC1)C1CC1. The van der Waals surface area contributed by atoms with Crippen LogP contribution in [0.15, 0.2) is 0 Å². The third-order valence-electron chi connectivity index (χ3n) is 3.81. The molecule has 0 aromatic carbocycles. The van der Waals surface area contributed by atoms with Crippen molar-refractivity contribution in [2.75, 3.05) is 26.2 Å². The molecule has 15 heavy (non-hydrogen) atoms. The summed E-state index contributed by atoms with van der Waals surface area (Å²) in [6.07, 6.45) is 8.67. The topological polar surface area (TPSA) is 15.3 Å². The van der Waals surface area contributed by atoms with Crippen LogP contribution in [0, 0.1) is 5.92 Å². The zero-order valence-electron chi connectivity index (χ0n) is 10.2. The van der Waals surface area contributed by atoms with E-state index in [-0.39, 0.29) is 0 Å². The minimum Gasteiger partial charge on any atom is -0.313 e. The largest absolute Gasteiger partial charge is 0.313 e. The van der Waals surface area contributed by atoms with Crippen molar-refractivity contribution < 1.29 is 0 Å². The average Bonchev–Trinajstić information content (AvgIpc) is 3.05. The fourth-order valence-corrected chi connectivity index (χ4v) is 2.74. The number of likely N-dealkylation sites (tertiary alicyclic amines) is 1. The molecule has 1 N–H and O–H groups in total. The normalized spacial score (nSPS) is 26.2. The Bertz CT molecular complexity index is 169. The number of likely N-dealkylation sites (N-methyl/N-ethyl adjacent to an activating group) is 1. The molecular weight excluding hydrogens is 184 g/mol. The standard InChI is InChI=1S/C13H26N2/c1-2-14-13(12-7-8-12)11-15-9-5-3-4-6-10-15/h12-14H,2-11H2,1H3. The lowest BCUT2D eigenvalue weighted by atomic mass is 10.1. The lowest BCUT2D eigenvalue weighted by Crippen LogP contribution is -2.42. The Labute approximate surface area is 94.4 Å². The Morgan fingerprint density at radius 1 is 1.13 bits per heavy atom. The van der Waals surface area contributed by atoms with Gasteiger partial charge >= 0.3 is 0 Å². The van der Waals surface area contributed by atoms with E-state index in [2.05, 4.69) is 17.1 Å². The maximum Gasteiger partial charge on any atom is 0.0223 e. The minimum atomic E-state index is 0.785. The second-order valence-electron chi connectivity index (χ2n) is 5.22. The Balaban J connectivity index is 1.75. The molecule has 0 radical (unpaired) electrons. The summed E-state index contributed by atoms with van der Waals surface area (Å²) in [5, 5.41) is 3.67. The molecule has 2 heteroatoms. The Morgan fingerprint density at radius 2 is 1.80 bits per heavy atom. The lowest BCUT2D eigenvalue weighted by molar-refractivity contribution is 0.240. The van der Waals surface area contributed by atoms with Crippen molar-refractivity contribution in [1.29, 1.82) is 0 Å². The fourth-order valence-electron chi connectivity index (χ4n) is 2.74. The smallest absolute Gasteiger partial charge is 0.0223 e. The van der Waals surface area contributed by atoms with Crippen molar-refractivity contribution in [2.45, 2.75) is 51.5 Å². The van der Waals surface area contributed by atoms with Crippen LogP contribution >= 0.6 is 0 Å². The molecular formula is C13H26N2. The Kier molecular flexibility index (Phi) is 4.45. The molecule has 0 aromatic heterocycles. The molecule has 2 fully saturated rings. The van der Waals surface area contributed by atoms with Gasteiger partial charge in [0.1, 0.15) is 0 Å². The molecule has 0 aromatic rings. The van der Waals surface area contributed by atoms with Crippen LogP contribution in [-0.2, 0) is 0 Å². The van der Waals surface area contributed by atoms with Crippen molar-refractivity contribution in [1.82, 2.24) is 10.2 Å². The monoisotopic (exact) mass is 210 g/mol. The summed E-state index contributed by atoms with van der Waals surface area (Å²) in [5.74, 6) is 0.994. The highest BCUT2D eigenvalue weighted by Gasteiger charge is 2.31. The number of hydrogen-bond acceptors (Lipinski definition) is 2. The first-order valence-corrected chi connectivity index (χ1v) is 6.86. The molecule has 2 rings (SSSR count). The molecule has 1 unspecified atom stereocenters. The maximum absolute atomic E-state index is 3.67. The molecule has 1 aliphatic carbocycles. The van der Waals surface area contributed by atoms with E-state index in [0.29, 0.717) is 0 Å². The first kappa shape index (κ1) is 11.4. The van der Waals surface area contributed by atoms with Gasteiger partial charge in [-0.05, 0) is 51.2 Å². The third kappa shape index (κ3) is 3.76. The van der Waals surface area contributed by atoms with Crippen LogP contribution in [0.5, 0.6) is 0 Å². The van der Waals surface area contributed by atoms with Crippen molar-refractivity contribution in [3.63, 3.8) is 0 Å². The molecule has 2 aliphatic rings. The van der Waals surface area contributed by atoms with E-state index >= 15 is 0 Å². The maximum atomic E-state index is 3.67. The van der Waals surface area contributed by atoms with Gasteiger partial charge in [0, 0.05) is 12.6 Å². The van der Waals surface area contributed by atoms with Crippen LogP contribution in [0.2, 0.25) is 0 Å². The van der Waals surface area contributed by atoms with E-state index in [1.807, 2.05) is 0 Å². The van der Waals surface area contributed by atoms with Crippen LogP contribution in [0.3, 0.4) is 0 Å². The number of nitrogens with zero attached hydrogens (tertiary/aromatic N) is 1. The summed E-state index contributed by atoms with van der Waals surface area (Å²) >= 11 is 0. The van der Waals surface area contributed by atoms with Crippen molar-refractivity contribution in [3.8, 4) is 0 Å². The van der Waals surface area contributed by atoms with Crippen molar-refractivity contribution >= 4 is 0 Å². The highest BCUT2D eigenvalue weighted by molar-refractivity contribution is 4.88. The van der Waals surface area contributed by atoms with Gasteiger partial charge in [0.05, 0.1) is 0 Å². The lowest BCUT2D eigenvalue weighted by Gasteiger charge is -2.26. The van der Waals surface area contributed by atoms with Gasteiger partial charge in [-0.15, -0.1) is 0 Å². The molecule has 1 saturated carbocycles. The van der Waals surface area contributed by atoms with Gasteiger partial charge in [-0.1, -0.05) is 19.8 Å². The predicted molar refractivity (Wildman–Crippen MR) is 65.1 cm³/mol. The van der Waals surface area contributed by atoms with Gasteiger partial charge < -0.3 is 10.2 Å². The Hall–Kier alpha value is -0.0800. The summed E-state index contributed by atoms with van der Waals surface area (Å²) in [6, 6.07) is 0.785. The summed E-state index contributed by atoms with van der Waals surface area (Å²) in [7, 11) is 0. The molecule has 1 atom stereocenters. The molecule has 1 aliphatic heterocycles. The van der Waals surface area contributed by atoms with Crippen LogP contribution in [-0.4, -0.2) is 37.1 Å². The van der Waals surface area contributed by atoms with E-state index in [1.54, 1.807) is 0 Å². The van der Waals surface area contributed by atoms with Crippen LogP contribution < -0.4 is 5.32 Å². The molecule has 1 saturated heterocycles.